The van der Waals surface area contributed by atoms with Crippen molar-refractivity contribution in [3.8, 4) is 5.75 Å². The second-order valence-corrected chi connectivity index (χ2v) is 3.31. The predicted octanol–water partition coefficient (Wildman–Crippen LogP) is 1.61. The van der Waals surface area contributed by atoms with Gasteiger partial charge in [-0.3, -0.25) is 0 Å². The Labute approximate surface area is 83.6 Å². The third-order valence-electron chi connectivity index (χ3n) is 2.44. The Morgan fingerprint density at radius 1 is 1.29 bits per heavy atom. The lowest BCUT2D eigenvalue weighted by atomic mass is 10.1. The molecular formula is C11H14O3. The van der Waals surface area contributed by atoms with Crippen molar-refractivity contribution in [1.82, 2.24) is 0 Å². The molecule has 1 aromatic rings. The lowest BCUT2D eigenvalue weighted by Gasteiger charge is -2.19. The van der Waals surface area contributed by atoms with Crippen LogP contribution in [0.25, 0.3) is 0 Å². The van der Waals surface area contributed by atoms with Gasteiger partial charge in [0.15, 0.2) is 12.4 Å². The molecular weight excluding hydrogens is 180 g/mol. The average Bonchev–Trinajstić information content (AvgIpc) is 2.63. The van der Waals surface area contributed by atoms with Gasteiger partial charge in [0, 0.05) is 20.6 Å². The summed E-state index contributed by atoms with van der Waals surface area (Å²) in [4.78, 5) is 0. The van der Waals surface area contributed by atoms with Crippen molar-refractivity contribution in [1.29, 1.82) is 0 Å². The van der Waals surface area contributed by atoms with Crippen molar-refractivity contribution < 1.29 is 14.2 Å². The zero-order valence-electron chi connectivity index (χ0n) is 8.40. The summed E-state index contributed by atoms with van der Waals surface area (Å²) < 4.78 is 16.0. The van der Waals surface area contributed by atoms with E-state index in [1.165, 1.54) is 5.56 Å². The predicted molar refractivity (Wildman–Crippen MR) is 52.4 cm³/mol. The minimum absolute atomic E-state index is 0.0256. The fourth-order valence-corrected chi connectivity index (χ4v) is 1.76. The molecule has 1 aliphatic heterocycles. The molecule has 0 amide bonds. The fraction of sp³-hybridized carbons (Fsp3) is 0.455. The third kappa shape index (κ3) is 1.61. The van der Waals surface area contributed by atoms with Crippen LogP contribution in [0.15, 0.2) is 24.3 Å². The Morgan fingerprint density at radius 2 is 2.00 bits per heavy atom. The number of para-hydroxylation sites is 1. The van der Waals surface area contributed by atoms with Crippen LogP contribution in [0.2, 0.25) is 0 Å². The second-order valence-electron chi connectivity index (χ2n) is 3.31. The monoisotopic (exact) mass is 194 g/mol. The van der Waals surface area contributed by atoms with Gasteiger partial charge in [-0.15, -0.1) is 0 Å². The van der Waals surface area contributed by atoms with E-state index in [2.05, 4.69) is 6.07 Å². The normalized spacial score (nSPS) is 19.5. The number of benzene rings is 1. The van der Waals surface area contributed by atoms with Crippen LogP contribution in [-0.4, -0.2) is 26.6 Å². The van der Waals surface area contributed by atoms with Crippen molar-refractivity contribution in [2.75, 3.05) is 14.2 Å². The molecule has 0 aromatic heterocycles. The molecule has 0 aliphatic carbocycles. The average molecular weight is 194 g/mol. The molecule has 1 unspecified atom stereocenters. The molecule has 1 aromatic carbocycles. The Morgan fingerprint density at radius 3 is 2.64 bits per heavy atom. The molecule has 1 aliphatic rings. The maximum Gasteiger partial charge on any atom is 0.194 e. The van der Waals surface area contributed by atoms with Crippen LogP contribution in [0.3, 0.4) is 0 Å². The zero-order chi connectivity index (χ0) is 9.97. The van der Waals surface area contributed by atoms with Crippen molar-refractivity contribution in [2.45, 2.75) is 18.8 Å². The molecule has 0 fully saturated rings. The fourth-order valence-electron chi connectivity index (χ4n) is 1.76. The van der Waals surface area contributed by atoms with E-state index in [0.29, 0.717) is 0 Å². The van der Waals surface area contributed by atoms with Crippen LogP contribution < -0.4 is 4.74 Å². The summed E-state index contributed by atoms with van der Waals surface area (Å²) in [6.07, 6.45) is 0.535. The van der Waals surface area contributed by atoms with Crippen LogP contribution in [0, 0.1) is 0 Å². The molecule has 14 heavy (non-hydrogen) atoms. The highest BCUT2D eigenvalue weighted by Crippen LogP contribution is 2.30. The van der Waals surface area contributed by atoms with Crippen LogP contribution in [0.1, 0.15) is 5.56 Å². The highest BCUT2D eigenvalue weighted by Gasteiger charge is 2.30. The van der Waals surface area contributed by atoms with E-state index in [9.17, 15) is 0 Å². The first kappa shape index (κ1) is 9.49. The zero-order valence-corrected chi connectivity index (χ0v) is 8.40. The summed E-state index contributed by atoms with van der Waals surface area (Å²) in [7, 11) is 3.25. The molecule has 0 spiro atoms. The van der Waals surface area contributed by atoms with Gasteiger partial charge in [-0.1, -0.05) is 18.2 Å². The summed E-state index contributed by atoms with van der Waals surface area (Å²) in [6.45, 7) is 0. The first-order valence-electron chi connectivity index (χ1n) is 4.65. The number of ether oxygens (including phenoxy) is 3. The van der Waals surface area contributed by atoms with Crippen LogP contribution in [0.4, 0.5) is 0 Å². The Hall–Kier alpha value is -1.06. The lowest BCUT2D eigenvalue weighted by Crippen LogP contribution is -2.33. The van der Waals surface area contributed by atoms with Gasteiger partial charge in [0.25, 0.3) is 0 Å². The van der Waals surface area contributed by atoms with Gasteiger partial charge in [-0.2, -0.15) is 0 Å². The first-order valence-corrected chi connectivity index (χ1v) is 4.65. The summed E-state index contributed by atoms with van der Waals surface area (Å²) >= 11 is 0. The molecule has 76 valence electrons. The number of fused-ring (bicyclic) bond motifs is 1. The van der Waals surface area contributed by atoms with Crippen LogP contribution in [0.5, 0.6) is 5.75 Å². The molecule has 0 radical (unpaired) electrons. The standard InChI is InChI=1S/C11H14O3/c1-12-11(13-2)10-7-8-5-3-4-6-9(8)14-10/h3-6,10-11H,7H2,1-2H3. The number of hydrogen-bond acceptors (Lipinski definition) is 3. The molecule has 0 N–H and O–H groups in total. The van der Waals surface area contributed by atoms with Crippen molar-refractivity contribution in [3.05, 3.63) is 29.8 Å². The van der Waals surface area contributed by atoms with Gasteiger partial charge in [0.1, 0.15) is 5.75 Å². The highest BCUT2D eigenvalue weighted by atomic mass is 16.7. The van der Waals surface area contributed by atoms with E-state index in [-0.39, 0.29) is 12.4 Å². The minimum Gasteiger partial charge on any atom is -0.484 e. The molecule has 0 saturated heterocycles. The van der Waals surface area contributed by atoms with E-state index in [4.69, 9.17) is 14.2 Å². The van der Waals surface area contributed by atoms with Gasteiger partial charge in [-0.05, 0) is 11.6 Å². The molecule has 0 bridgehead atoms. The Kier molecular flexibility index (Phi) is 2.70. The second kappa shape index (κ2) is 3.98. The van der Waals surface area contributed by atoms with E-state index in [1.54, 1.807) is 14.2 Å². The molecule has 2 rings (SSSR count). The smallest absolute Gasteiger partial charge is 0.194 e. The Balaban J connectivity index is 2.11. The van der Waals surface area contributed by atoms with Gasteiger partial charge >= 0.3 is 0 Å². The molecule has 0 saturated carbocycles. The number of hydrogen-bond donors (Lipinski definition) is 0. The summed E-state index contributed by atoms with van der Waals surface area (Å²) in [5.74, 6) is 0.941. The van der Waals surface area contributed by atoms with Gasteiger partial charge < -0.3 is 14.2 Å². The topological polar surface area (TPSA) is 27.7 Å². The van der Waals surface area contributed by atoms with Crippen molar-refractivity contribution in [3.63, 3.8) is 0 Å². The minimum atomic E-state index is -0.289. The lowest BCUT2D eigenvalue weighted by molar-refractivity contribution is -0.151. The van der Waals surface area contributed by atoms with E-state index in [1.807, 2.05) is 18.2 Å². The maximum absolute atomic E-state index is 5.70. The first-order chi connectivity index (χ1) is 6.85. The van der Waals surface area contributed by atoms with E-state index >= 15 is 0 Å². The summed E-state index contributed by atoms with van der Waals surface area (Å²) in [5.41, 5.74) is 1.22. The maximum atomic E-state index is 5.70. The molecule has 1 atom stereocenters. The van der Waals surface area contributed by atoms with E-state index < -0.39 is 0 Å². The third-order valence-corrected chi connectivity index (χ3v) is 2.44. The summed E-state index contributed by atoms with van der Waals surface area (Å²) in [6, 6.07) is 8.02. The number of methoxy groups -OCH3 is 2. The highest BCUT2D eigenvalue weighted by molar-refractivity contribution is 5.37. The summed E-state index contributed by atoms with van der Waals surface area (Å²) in [5, 5.41) is 0. The molecule has 1 heterocycles. The number of rotatable bonds is 3. The Bertz CT molecular complexity index is 282. The molecule has 3 nitrogen and oxygen atoms in total. The largest absolute Gasteiger partial charge is 0.484 e. The van der Waals surface area contributed by atoms with E-state index in [0.717, 1.165) is 12.2 Å². The van der Waals surface area contributed by atoms with Crippen molar-refractivity contribution >= 4 is 0 Å². The van der Waals surface area contributed by atoms with Crippen LogP contribution in [-0.2, 0) is 15.9 Å². The van der Waals surface area contributed by atoms with Gasteiger partial charge in [-0.25, -0.2) is 0 Å². The quantitative estimate of drug-likeness (QED) is 0.684. The molecule has 3 heteroatoms. The van der Waals surface area contributed by atoms with Crippen molar-refractivity contribution in [2.24, 2.45) is 0 Å². The van der Waals surface area contributed by atoms with Gasteiger partial charge in [0.05, 0.1) is 0 Å². The van der Waals surface area contributed by atoms with Gasteiger partial charge in [0.2, 0.25) is 0 Å². The SMILES string of the molecule is COC(OC)C1Cc2ccccc2O1. The van der Waals surface area contributed by atoms with Crippen LogP contribution >= 0.6 is 0 Å².